The molecule has 0 spiro atoms. The topological polar surface area (TPSA) is 87.2 Å². The molecule has 0 bridgehead atoms. The van der Waals surface area contributed by atoms with Gasteiger partial charge in [0, 0.05) is 30.3 Å². The Morgan fingerprint density at radius 1 is 1.22 bits per heavy atom. The molecule has 2 aromatic rings. The largest absolute Gasteiger partial charge is 0.339 e. The molecule has 0 aliphatic carbocycles. The Kier molecular flexibility index (Phi) is 5.72. The quantitative estimate of drug-likeness (QED) is 0.449. The second kappa shape index (κ2) is 8.19. The van der Waals surface area contributed by atoms with Crippen LogP contribution in [0, 0.1) is 21.4 Å². The summed E-state index contributed by atoms with van der Waals surface area (Å²) in [4.78, 5) is 25.1. The highest BCUT2D eigenvalue weighted by molar-refractivity contribution is 6.17. The van der Waals surface area contributed by atoms with Crippen LogP contribution in [-0.2, 0) is 5.88 Å². The molecule has 1 aliphatic rings. The lowest BCUT2D eigenvalue weighted by atomic mass is 9.89. The molecule has 138 valence electrons. The molecule has 0 radical (unpaired) electrons. The maximum Gasteiger partial charge on any atom is 0.274 e. The molecule has 1 amide bonds. The van der Waals surface area contributed by atoms with Gasteiger partial charge in [-0.05, 0) is 42.5 Å². The van der Waals surface area contributed by atoms with Crippen LogP contribution in [0.25, 0.3) is 0 Å². The molecule has 0 saturated carbocycles. The van der Waals surface area contributed by atoms with Gasteiger partial charge in [-0.3, -0.25) is 14.9 Å². The van der Waals surface area contributed by atoms with Gasteiger partial charge in [0.25, 0.3) is 11.6 Å². The smallest absolute Gasteiger partial charge is 0.274 e. The number of piperidine rings is 1. The Hall–Kier alpha value is -2.91. The summed E-state index contributed by atoms with van der Waals surface area (Å²) in [6.07, 6.45) is 1.64. The Morgan fingerprint density at radius 3 is 2.44 bits per heavy atom. The van der Waals surface area contributed by atoms with Crippen molar-refractivity contribution in [2.75, 3.05) is 13.1 Å². The summed E-state index contributed by atoms with van der Waals surface area (Å²) in [5.74, 6) is 0.174. The first-order chi connectivity index (χ1) is 13.0. The number of nitro groups is 1. The Bertz CT molecular complexity index is 898. The number of benzene rings is 2. The molecule has 27 heavy (non-hydrogen) atoms. The van der Waals surface area contributed by atoms with Crippen LogP contribution in [0.4, 0.5) is 5.69 Å². The number of hydrogen-bond acceptors (Lipinski definition) is 4. The number of halogens is 1. The van der Waals surface area contributed by atoms with Gasteiger partial charge in [0.2, 0.25) is 0 Å². The number of amides is 1. The summed E-state index contributed by atoms with van der Waals surface area (Å²) in [6.45, 7) is 1.18. The first kappa shape index (κ1) is 18.9. The minimum absolute atomic E-state index is 0.0285. The van der Waals surface area contributed by atoms with Crippen LogP contribution in [0.2, 0.25) is 0 Å². The summed E-state index contributed by atoms with van der Waals surface area (Å²) in [5, 5.41) is 20.1. The predicted molar refractivity (Wildman–Crippen MR) is 102 cm³/mol. The van der Waals surface area contributed by atoms with Crippen LogP contribution in [-0.4, -0.2) is 28.8 Å². The maximum absolute atomic E-state index is 12.7. The number of carbonyl (C=O) groups is 1. The number of hydrogen-bond donors (Lipinski definition) is 0. The van der Waals surface area contributed by atoms with Crippen molar-refractivity contribution >= 4 is 23.2 Å². The number of nitriles is 1. The van der Waals surface area contributed by atoms with Gasteiger partial charge in [0.1, 0.15) is 0 Å². The standard InChI is InChI=1S/C20H18ClN3O3/c21-12-18-6-5-17(11-19(18)24(26)27)20(25)23-9-7-16(8-10-23)15-3-1-14(13-22)2-4-15/h1-6,11,16H,7-10,12H2. The minimum atomic E-state index is -0.508. The third-order valence-corrected chi connectivity index (χ3v) is 5.25. The number of rotatable bonds is 4. The Balaban J connectivity index is 1.68. The molecule has 2 aromatic carbocycles. The highest BCUT2D eigenvalue weighted by atomic mass is 35.5. The maximum atomic E-state index is 12.7. The van der Waals surface area contributed by atoms with E-state index in [1.165, 1.54) is 11.6 Å². The molecule has 7 heteroatoms. The minimum Gasteiger partial charge on any atom is -0.339 e. The van der Waals surface area contributed by atoms with E-state index in [-0.39, 0.29) is 17.5 Å². The van der Waals surface area contributed by atoms with Gasteiger partial charge < -0.3 is 4.90 Å². The zero-order valence-electron chi connectivity index (χ0n) is 14.6. The Morgan fingerprint density at radius 2 is 1.89 bits per heavy atom. The number of alkyl halides is 1. The molecule has 6 nitrogen and oxygen atoms in total. The van der Waals surface area contributed by atoms with Crippen molar-refractivity contribution in [3.05, 3.63) is 74.8 Å². The lowest BCUT2D eigenvalue weighted by Crippen LogP contribution is -2.37. The van der Waals surface area contributed by atoms with E-state index >= 15 is 0 Å². The molecule has 1 aliphatic heterocycles. The summed E-state index contributed by atoms with van der Waals surface area (Å²) in [5.41, 5.74) is 2.39. The van der Waals surface area contributed by atoms with Crippen LogP contribution < -0.4 is 0 Å². The molecule has 1 fully saturated rings. The fourth-order valence-corrected chi connectivity index (χ4v) is 3.63. The second-order valence-electron chi connectivity index (χ2n) is 6.53. The summed E-state index contributed by atoms with van der Waals surface area (Å²) < 4.78 is 0. The van der Waals surface area contributed by atoms with Crippen LogP contribution >= 0.6 is 11.6 Å². The van der Waals surface area contributed by atoms with Crippen molar-refractivity contribution in [1.82, 2.24) is 4.90 Å². The summed E-state index contributed by atoms with van der Waals surface area (Å²) in [7, 11) is 0. The van der Waals surface area contributed by atoms with Crippen molar-refractivity contribution in [1.29, 1.82) is 5.26 Å². The fraction of sp³-hybridized carbons (Fsp3) is 0.300. The lowest BCUT2D eigenvalue weighted by Gasteiger charge is -2.32. The third kappa shape index (κ3) is 4.09. The van der Waals surface area contributed by atoms with Crippen molar-refractivity contribution in [3.8, 4) is 6.07 Å². The van der Waals surface area contributed by atoms with Crippen molar-refractivity contribution < 1.29 is 9.72 Å². The van der Waals surface area contributed by atoms with Crippen molar-refractivity contribution in [2.45, 2.75) is 24.6 Å². The van der Waals surface area contributed by atoms with E-state index < -0.39 is 4.92 Å². The van der Waals surface area contributed by atoms with Gasteiger partial charge in [0.15, 0.2) is 0 Å². The Labute approximate surface area is 162 Å². The van der Waals surface area contributed by atoms with Gasteiger partial charge in [0.05, 0.1) is 22.4 Å². The van der Waals surface area contributed by atoms with E-state index in [9.17, 15) is 14.9 Å². The number of nitrogens with zero attached hydrogens (tertiary/aromatic N) is 3. The van der Waals surface area contributed by atoms with E-state index in [0.29, 0.717) is 35.7 Å². The number of likely N-dealkylation sites (tertiary alicyclic amines) is 1. The van der Waals surface area contributed by atoms with Gasteiger partial charge >= 0.3 is 0 Å². The normalized spacial score (nSPS) is 14.6. The van der Waals surface area contributed by atoms with Crippen LogP contribution in [0.15, 0.2) is 42.5 Å². The molecule has 0 N–H and O–H groups in total. The van der Waals surface area contributed by atoms with Gasteiger partial charge in [-0.1, -0.05) is 18.2 Å². The SMILES string of the molecule is N#Cc1ccc(C2CCN(C(=O)c3ccc(CCl)c([N+](=O)[O-])c3)CC2)cc1. The second-order valence-corrected chi connectivity index (χ2v) is 6.80. The first-order valence-corrected chi connectivity index (χ1v) is 9.19. The first-order valence-electron chi connectivity index (χ1n) is 8.66. The van der Waals surface area contributed by atoms with E-state index in [1.807, 2.05) is 24.3 Å². The van der Waals surface area contributed by atoms with Crippen molar-refractivity contribution in [2.24, 2.45) is 0 Å². The summed E-state index contributed by atoms with van der Waals surface area (Å²) >= 11 is 5.73. The van der Waals surface area contributed by atoms with E-state index in [2.05, 4.69) is 6.07 Å². The zero-order valence-corrected chi connectivity index (χ0v) is 15.4. The summed E-state index contributed by atoms with van der Waals surface area (Å²) in [6, 6.07) is 14.1. The molecule has 0 aromatic heterocycles. The number of carbonyl (C=O) groups excluding carboxylic acids is 1. The lowest BCUT2D eigenvalue weighted by molar-refractivity contribution is -0.385. The third-order valence-electron chi connectivity index (χ3n) is 4.97. The van der Waals surface area contributed by atoms with Crippen LogP contribution in [0.5, 0.6) is 0 Å². The fourth-order valence-electron chi connectivity index (χ4n) is 3.41. The molecule has 0 atom stereocenters. The average molecular weight is 384 g/mol. The zero-order chi connectivity index (χ0) is 19.4. The van der Waals surface area contributed by atoms with Gasteiger partial charge in [-0.2, -0.15) is 5.26 Å². The van der Waals surface area contributed by atoms with Crippen molar-refractivity contribution in [3.63, 3.8) is 0 Å². The van der Waals surface area contributed by atoms with E-state index in [1.54, 1.807) is 17.0 Å². The van der Waals surface area contributed by atoms with E-state index in [0.717, 1.165) is 12.8 Å². The molecular weight excluding hydrogens is 366 g/mol. The van der Waals surface area contributed by atoms with Gasteiger partial charge in [-0.15, -0.1) is 11.6 Å². The van der Waals surface area contributed by atoms with E-state index in [4.69, 9.17) is 16.9 Å². The average Bonchev–Trinajstić information content (AvgIpc) is 2.73. The molecule has 1 heterocycles. The molecule has 1 saturated heterocycles. The predicted octanol–water partition coefficient (Wildman–Crippen LogP) is 4.23. The highest BCUT2D eigenvalue weighted by Gasteiger charge is 2.26. The molecule has 3 rings (SSSR count). The van der Waals surface area contributed by atoms with Gasteiger partial charge in [-0.25, -0.2) is 0 Å². The van der Waals surface area contributed by atoms with Crippen LogP contribution in [0.3, 0.4) is 0 Å². The van der Waals surface area contributed by atoms with Crippen LogP contribution in [0.1, 0.15) is 45.8 Å². The molecular formula is C20H18ClN3O3. The molecule has 0 unspecified atom stereocenters. The number of nitro benzene ring substituents is 1. The monoisotopic (exact) mass is 383 g/mol. The highest BCUT2D eigenvalue weighted by Crippen LogP contribution is 2.29.